The van der Waals surface area contributed by atoms with Gasteiger partial charge in [0.25, 0.3) is 0 Å². The van der Waals surface area contributed by atoms with Crippen molar-refractivity contribution in [2.24, 2.45) is 0 Å². The van der Waals surface area contributed by atoms with Gasteiger partial charge in [-0.3, -0.25) is 4.98 Å². The van der Waals surface area contributed by atoms with E-state index in [0.717, 1.165) is 5.56 Å². The fourth-order valence-electron chi connectivity index (χ4n) is 0.581. The third-order valence-corrected chi connectivity index (χ3v) is 0.931. The molecule has 1 rings (SSSR count). The highest BCUT2D eigenvalue weighted by Gasteiger charge is 1.78. The van der Waals surface area contributed by atoms with Crippen molar-refractivity contribution in [3.63, 3.8) is 0 Å². The van der Waals surface area contributed by atoms with Crippen molar-refractivity contribution < 1.29 is 0 Å². The first-order valence-corrected chi connectivity index (χ1v) is 3.76. The Bertz CT molecular complexity index is 233. The third kappa shape index (κ3) is 5.76. The highest BCUT2D eigenvalue weighted by atomic mass is 35.5. The molecule has 0 aromatic carbocycles. The fraction of sp³-hybridized carbons (Fsp3) is 0.300. The van der Waals surface area contributed by atoms with Gasteiger partial charge >= 0.3 is 0 Å². The summed E-state index contributed by atoms with van der Waals surface area (Å²) in [7, 11) is 0. The molecule has 1 aromatic heterocycles. The molecule has 0 saturated heterocycles. The Balaban J connectivity index is 0. The van der Waals surface area contributed by atoms with E-state index >= 15 is 0 Å². The summed E-state index contributed by atoms with van der Waals surface area (Å²) in [4.78, 5) is 3.90. The molecule has 2 heteroatoms. The van der Waals surface area contributed by atoms with Gasteiger partial charge in [0.2, 0.25) is 0 Å². The molecular formula is C10H14ClN. The van der Waals surface area contributed by atoms with Crippen molar-refractivity contribution in [1.29, 1.82) is 0 Å². The first kappa shape index (κ1) is 13.6. The van der Waals surface area contributed by atoms with E-state index in [2.05, 4.69) is 16.8 Å². The molecule has 1 heterocycles. The van der Waals surface area contributed by atoms with Crippen molar-refractivity contribution in [1.82, 2.24) is 4.98 Å². The van der Waals surface area contributed by atoms with Gasteiger partial charge in [-0.15, -0.1) is 18.3 Å². The molecule has 0 saturated carbocycles. The quantitative estimate of drug-likeness (QED) is 0.564. The molecule has 0 unspecified atom stereocenters. The van der Waals surface area contributed by atoms with Crippen LogP contribution in [-0.2, 0) is 0 Å². The Morgan fingerprint density at radius 2 is 2.00 bits per heavy atom. The number of rotatable bonds is 0. The molecule has 1 nitrogen and oxygen atoms in total. The average molecular weight is 184 g/mol. The van der Waals surface area contributed by atoms with Crippen LogP contribution in [0.3, 0.4) is 0 Å². The van der Waals surface area contributed by atoms with E-state index in [1.807, 2.05) is 32.9 Å². The molecule has 0 bridgehead atoms. The number of nitrogens with zero attached hydrogens (tertiary/aromatic N) is 1. The van der Waals surface area contributed by atoms with Gasteiger partial charge < -0.3 is 0 Å². The summed E-state index contributed by atoms with van der Waals surface area (Å²) in [6.45, 7) is 5.81. The maximum absolute atomic E-state index is 3.90. The van der Waals surface area contributed by atoms with Crippen LogP contribution in [0.25, 0.3) is 0 Å². The van der Waals surface area contributed by atoms with Crippen molar-refractivity contribution in [3.05, 3.63) is 30.1 Å². The minimum absolute atomic E-state index is 0. The lowest BCUT2D eigenvalue weighted by atomic mass is 10.3. The predicted molar refractivity (Wildman–Crippen MR) is 55.4 cm³/mol. The SMILES string of the molecule is CC.CC#Cc1cccnc1.Cl. The highest BCUT2D eigenvalue weighted by molar-refractivity contribution is 5.85. The van der Waals surface area contributed by atoms with E-state index in [-0.39, 0.29) is 12.4 Å². The van der Waals surface area contributed by atoms with Gasteiger partial charge in [-0.1, -0.05) is 19.8 Å². The van der Waals surface area contributed by atoms with Gasteiger partial charge in [0.15, 0.2) is 0 Å². The van der Waals surface area contributed by atoms with Crippen molar-refractivity contribution in [3.8, 4) is 11.8 Å². The van der Waals surface area contributed by atoms with E-state index in [4.69, 9.17) is 0 Å². The first-order valence-electron chi connectivity index (χ1n) is 3.76. The van der Waals surface area contributed by atoms with E-state index in [1.54, 1.807) is 12.4 Å². The molecule has 0 atom stereocenters. The maximum Gasteiger partial charge on any atom is 0.0428 e. The van der Waals surface area contributed by atoms with E-state index in [1.165, 1.54) is 0 Å². The second kappa shape index (κ2) is 10.0. The van der Waals surface area contributed by atoms with Crippen LogP contribution in [-0.4, -0.2) is 4.98 Å². The predicted octanol–water partition coefficient (Wildman–Crippen LogP) is 2.90. The van der Waals surface area contributed by atoms with Crippen LogP contribution in [0.15, 0.2) is 24.5 Å². The van der Waals surface area contributed by atoms with Crippen molar-refractivity contribution in [2.45, 2.75) is 20.8 Å². The third-order valence-electron chi connectivity index (χ3n) is 0.931. The summed E-state index contributed by atoms with van der Waals surface area (Å²) in [5.74, 6) is 5.69. The normalized spacial score (nSPS) is 6.25. The zero-order valence-electron chi connectivity index (χ0n) is 7.66. The second-order valence-corrected chi connectivity index (χ2v) is 1.62. The lowest BCUT2D eigenvalue weighted by Crippen LogP contribution is -1.73. The number of halogens is 1. The smallest absolute Gasteiger partial charge is 0.0428 e. The lowest BCUT2D eigenvalue weighted by molar-refractivity contribution is 1.31. The van der Waals surface area contributed by atoms with Gasteiger partial charge in [0.1, 0.15) is 0 Å². The molecule has 0 fully saturated rings. The minimum atomic E-state index is 0. The average Bonchev–Trinajstić information content (AvgIpc) is 2.11. The fourth-order valence-corrected chi connectivity index (χ4v) is 0.581. The minimum Gasteiger partial charge on any atom is -0.263 e. The monoisotopic (exact) mass is 183 g/mol. The molecule has 0 radical (unpaired) electrons. The molecule has 0 spiro atoms. The summed E-state index contributed by atoms with van der Waals surface area (Å²) in [5.41, 5.74) is 0.972. The number of hydrogen-bond donors (Lipinski definition) is 0. The van der Waals surface area contributed by atoms with Gasteiger partial charge in [-0.2, -0.15) is 0 Å². The second-order valence-electron chi connectivity index (χ2n) is 1.62. The molecule has 0 N–H and O–H groups in total. The van der Waals surface area contributed by atoms with Crippen LogP contribution < -0.4 is 0 Å². The van der Waals surface area contributed by atoms with Gasteiger partial charge in [0.05, 0.1) is 0 Å². The van der Waals surface area contributed by atoms with Crippen LogP contribution in [0.5, 0.6) is 0 Å². The standard InChI is InChI=1S/C8H7N.C2H6.ClH/c1-2-4-8-5-3-6-9-7-8;1-2;/h3,5-7H,1H3;1-2H3;1H. The van der Waals surface area contributed by atoms with Gasteiger partial charge in [-0.05, 0) is 19.1 Å². The van der Waals surface area contributed by atoms with Crippen LogP contribution in [0.2, 0.25) is 0 Å². The Kier molecular flexibility index (Phi) is 11.3. The van der Waals surface area contributed by atoms with Crippen molar-refractivity contribution in [2.75, 3.05) is 0 Å². The van der Waals surface area contributed by atoms with Crippen LogP contribution in [0, 0.1) is 11.8 Å². The summed E-state index contributed by atoms with van der Waals surface area (Å²) in [6, 6.07) is 3.81. The van der Waals surface area contributed by atoms with Gasteiger partial charge in [-0.25, -0.2) is 0 Å². The summed E-state index contributed by atoms with van der Waals surface area (Å²) in [6.07, 6.45) is 3.48. The highest BCUT2D eigenvalue weighted by Crippen LogP contribution is 1.90. The Morgan fingerprint density at radius 1 is 1.33 bits per heavy atom. The number of pyridine rings is 1. The van der Waals surface area contributed by atoms with E-state index in [0.29, 0.717) is 0 Å². The van der Waals surface area contributed by atoms with E-state index < -0.39 is 0 Å². The number of aromatic nitrogens is 1. The summed E-state index contributed by atoms with van der Waals surface area (Å²) in [5, 5.41) is 0. The molecule has 66 valence electrons. The Morgan fingerprint density at radius 3 is 2.42 bits per heavy atom. The molecule has 12 heavy (non-hydrogen) atoms. The molecule has 0 amide bonds. The van der Waals surface area contributed by atoms with Crippen molar-refractivity contribution >= 4 is 12.4 Å². The van der Waals surface area contributed by atoms with E-state index in [9.17, 15) is 0 Å². The zero-order valence-corrected chi connectivity index (χ0v) is 8.48. The maximum atomic E-state index is 3.90. The van der Waals surface area contributed by atoms with Crippen LogP contribution in [0.1, 0.15) is 26.3 Å². The number of hydrogen-bond acceptors (Lipinski definition) is 1. The topological polar surface area (TPSA) is 12.9 Å². The summed E-state index contributed by atoms with van der Waals surface area (Å²) < 4.78 is 0. The largest absolute Gasteiger partial charge is 0.263 e. The molecule has 1 aromatic rings. The Labute approximate surface area is 80.6 Å². The van der Waals surface area contributed by atoms with Gasteiger partial charge in [0, 0.05) is 18.0 Å². The molecule has 0 aliphatic rings. The Hall–Kier alpha value is -1.00. The lowest BCUT2D eigenvalue weighted by Gasteiger charge is -1.82. The summed E-state index contributed by atoms with van der Waals surface area (Å²) >= 11 is 0. The zero-order chi connectivity index (χ0) is 8.53. The van der Waals surface area contributed by atoms with Crippen LogP contribution >= 0.6 is 12.4 Å². The molecular weight excluding hydrogens is 170 g/mol. The first-order chi connectivity index (χ1) is 5.43. The molecule has 0 aliphatic carbocycles. The van der Waals surface area contributed by atoms with Crippen LogP contribution in [0.4, 0.5) is 0 Å². The molecule has 0 aliphatic heterocycles.